The first-order valence-corrected chi connectivity index (χ1v) is 26.4. The number of hydrogen-bond acceptors (Lipinski definition) is 19. The van der Waals surface area contributed by atoms with E-state index in [0.717, 1.165) is 34.5 Å². The van der Waals surface area contributed by atoms with Gasteiger partial charge in [0.2, 0.25) is 10.0 Å². The van der Waals surface area contributed by atoms with Crippen molar-refractivity contribution in [3.05, 3.63) is 34.4 Å². The fraction of sp³-hybridized carbons (Fsp3) is 0.842. The third-order valence-corrected chi connectivity index (χ3v) is 12.1. The number of halogens is 54. The summed E-state index contributed by atoms with van der Waals surface area (Å²) in [5.41, 5.74) is -1.49. The third-order valence-electron chi connectivity index (χ3n) is 10.2. The van der Waals surface area contributed by atoms with E-state index >= 15 is 0 Å². The predicted octanol–water partition coefficient (Wildman–Crippen LogP) is 15.7. The number of aliphatic hydroxyl groups is 2. The molecule has 1 aromatic rings. The van der Waals surface area contributed by atoms with Crippen molar-refractivity contribution in [2.45, 2.75) is 164 Å². The van der Waals surface area contributed by atoms with Gasteiger partial charge in [-0.2, -0.15) is 241 Å². The van der Waals surface area contributed by atoms with Gasteiger partial charge in [0.05, 0.1) is 24.7 Å². The van der Waals surface area contributed by atoms with Crippen LogP contribution in [0.3, 0.4) is 0 Å². The van der Waals surface area contributed by atoms with Crippen molar-refractivity contribution in [3.63, 3.8) is 0 Å². The molecule has 0 amide bonds. The Morgan fingerprint density at radius 2 is 0.500 bits per heavy atom. The van der Waals surface area contributed by atoms with Gasteiger partial charge in [-0.25, -0.2) is 65.3 Å². The third kappa shape index (κ3) is 25.4. The highest BCUT2D eigenvalue weighted by molar-refractivity contribution is 7.89. The lowest BCUT2D eigenvalue weighted by Gasteiger charge is -2.37. The maximum absolute atomic E-state index is 14.4. The van der Waals surface area contributed by atoms with Crippen molar-refractivity contribution in [3.8, 4) is 0 Å². The zero-order chi connectivity index (χ0) is 92.1. The van der Waals surface area contributed by atoms with E-state index in [0.29, 0.717) is 12.1 Å². The van der Waals surface area contributed by atoms with Gasteiger partial charge in [0.25, 0.3) is 5.69 Å². The number of alkyl halides is 54. The van der Waals surface area contributed by atoms with E-state index < -0.39 is 228 Å². The van der Waals surface area contributed by atoms with Crippen LogP contribution in [-0.4, -0.2) is 226 Å². The maximum atomic E-state index is 14.4. The minimum absolute atomic E-state index is 0.252. The van der Waals surface area contributed by atoms with Crippen molar-refractivity contribution in [1.29, 1.82) is 0 Å². The zero-order valence-corrected chi connectivity index (χ0v) is 51.0. The van der Waals surface area contributed by atoms with Crippen LogP contribution in [0.2, 0.25) is 0 Å². The summed E-state index contributed by atoms with van der Waals surface area (Å²) >= 11 is 0. The number of nitro groups is 1. The molecule has 678 valence electrons. The van der Waals surface area contributed by atoms with Crippen LogP contribution >= 0.6 is 0 Å². The molecule has 0 saturated heterocycles. The molecule has 0 fully saturated rings. The average Bonchev–Trinajstić information content (AvgIpc) is 0.749. The average molecular weight is 1860 g/mol. The molecule has 0 saturated carbocycles. The summed E-state index contributed by atoms with van der Waals surface area (Å²) in [6, 6.07) is 1.99. The maximum Gasteiger partial charge on any atom is 0.483 e. The molecule has 21 nitrogen and oxygen atoms in total. The SMILES string of the molecule is O=[N+]([O-])c1ccccc1S(=O)(=O)N(CCO)CC(F)(F)OC(F)(F)C(F)(F)OC(F)(F)C(F)(F)OC(F)(F)C(F)(F)OC(F)(F)C(F)(F)OC(F)(F)C(F)(F)OC(F)(F)C(F)(F)F.OCCNCC(F)(F)OC(F)(F)C(F)(F)OC(F)(F)C(F)(F)OC(F)(F)C(F)(F)OC(F)(F)C(F)(F)OC(F)(F)C(F)(F)OC(F)(F)C(F)(F)F. The highest BCUT2D eigenvalue weighted by Crippen LogP contribution is 2.58. The van der Waals surface area contributed by atoms with E-state index in [-0.39, 0.29) is 6.07 Å². The molecule has 1 rings (SSSR count). The number of para-hydroxylation sites is 1. The molecular formula is C38H19F54N3O18S. The number of nitrogens with zero attached hydrogens (tertiary/aromatic N) is 2. The van der Waals surface area contributed by atoms with Crippen LogP contribution in [0, 0.1) is 10.1 Å². The Balaban J connectivity index is 0.00000229. The highest BCUT2D eigenvalue weighted by atomic mass is 32.2. The molecule has 0 aliphatic heterocycles. The molecule has 0 aliphatic rings. The predicted molar refractivity (Wildman–Crippen MR) is 223 cm³/mol. The van der Waals surface area contributed by atoms with Crippen LogP contribution < -0.4 is 5.32 Å². The molecule has 0 aliphatic carbocycles. The first-order chi connectivity index (χ1) is 49.1. The Bertz CT molecular complexity index is 3470. The molecule has 0 radical (unpaired) electrons. The summed E-state index contributed by atoms with van der Waals surface area (Å²) in [6.07, 6.45) is -203. The molecule has 0 bridgehead atoms. The molecular weight excluding hydrogens is 1840 g/mol. The number of rotatable bonds is 45. The quantitative estimate of drug-likeness (QED) is 0.0238. The second kappa shape index (κ2) is 33.0. The zero-order valence-electron chi connectivity index (χ0n) is 50.2. The molecule has 0 heterocycles. The minimum atomic E-state index is -8.38. The number of nitrogens with one attached hydrogen (secondary N) is 1. The van der Waals surface area contributed by atoms with Gasteiger partial charge >= 0.3 is 159 Å². The smallest absolute Gasteiger partial charge is 0.395 e. The van der Waals surface area contributed by atoms with Crippen molar-refractivity contribution >= 4 is 15.7 Å². The van der Waals surface area contributed by atoms with Gasteiger partial charge in [0, 0.05) is 19.2 Å². The van der Waals surface area contributed by atoms with E-state index in [1.165, 1.54) is 24.3 Å². The molecule has 0 atom stereocenters. The molecule has 0 spiro atoms. The molecule has 3 N–H and O–H groups in total. The number of nitro benzene ring substituents is 1. The second-order valence-corrected chi connectivity index (χ2v) is 21.0. The molecule has 114 heavy (non-hydrogen) atoms. The number of sulfonamides is 1. The van der Waals surface area contributed by atoms with E-state index in [2.05, 4.69) is 9.47 Å². The summed E-state index contributed by atoms with van der Waals surface area (Å²) in [5, 5.41) is 29.6. The normalized spacial score (nSPS) is 15.9. The first kappa shape index (κ1) is 108. The van der Waals surface area contributed by atoms with Crippen molar-refractivity contribution < 1.29 is 317 Å². The first-order valence-electron chi connectivity index (χ1n) is 24.9. The summed E-state index contributed by atoms with van der Waals surface area (Å²) in [6.45, 7) is -10.9. The Kier molecular flexibility index (Phi) is 31.3. The lowest BCUT2D eigenvalue weighted by atomic mass is 10.3. The van der Waals surface area contributed by atoms with Crippen molar-refractivity contribution in [2.24, 2.45) is 0 Å². The van der Waals surface area contributed by atoms with Crippen LogP contribution in [0.1, 0.15) is 0 Å². The van der Waals surface area contributed by atoms with Crippen molar-refractivity contribution in [2.75, 3.05) is 39.4 Å². The lowest BCUT2D eigenvalue weighted by Crippen LogP contribution is -2.62. The molecule has 76 heteroatoms. The van der Waals surface area contributed by atoms with Crippen LogP contribution in [0.15, 0.2) is 29.2 Å². The number of benzene rings is 1. The van der Waals surface area contributed by atoms with Crippen LogP contribution in [0.5, 0.6) is 0 Å². The summed E-state index contributed by atoms with van der Waals surface area (Å²) in [4.78, 5) is 7.97. The van der Waals surface area contributed by atoms with Gasteiger partial charge in [-0.3, -0.25) is 10.1 Å². The second-order valence-electron chi connectivity index (χ2n) is 19.1. The Morgan fingerprint density at radius 1 is 0.307 bits per heavy atom. The number of aliphatic hydroxyl groups excluding tert-OH is 2. The molecule has 1 aromatic carbocycles. The number of ether oxygens (including phenoxy) is 12. The fourth-order valence-electron chi connectivity index (χ4n) is 5.24. The Morgan fingerprint density at radius 3 is 0.693 bits per heavy atom. The van der Waals surface area contributed by atoms with Gasteiger partial charge in [-0.1, -0.05) is 12.1 Å². The summed E-state index contributed by atoms with van der Waals surface area (Å²) in [5.74, 6) is 0. The minimum Gasteiger partial charge on any atom is -0.395 e. The lowest BCUT2D eigenvalue weighted by molar-refractivity contribution is -0.595. The van der Waals surface area contributed by atoms with Gasteiger partial charge in [0.1, 0.15) is 6.54 Å². The summed E-state index contributed by atoms with van der Waals surface area (Å²) < 4.78 is 756. The van der Waals surface area contributed by atoms with Gasteiger partial charge < -0.3 is 15.5 Å². The van der Waals surface area contributed by atoms with Crippen LogP contribution in [0.25, 0.3) is 0 Å². The van der Waals surface area contributed by atoms with Gasteiger partial charge in [-0.05, 0) is 6.07 Å². The number of hydrogen-bond donors (Lipinski definition) is 3. The van der Waals surface area contributed by atoms with Crippen molar-refractivity contribution in [1.82, 2.24) is 9.62 Å². The Hall–Kier alpha value is -5.85. The standard InChI is InChI=1S/C22H11F27N2O11S.C16H8F27NO7/c23-10(24,7-50(5-6-52)63(55,56)9-4-2-1-3-8(9)51(53)54)57-13(30,31)14(32,33)59-17(38,39)18(40,41)61-21(46,47)22(48,49)62-20(44,45)19(42,43)60-16(36,37)15(34,35)58-12(28,29)11(25,26)27;17-4(18,3-44-1-2-45)46-7(24,25)8(26,27)48-11(32,33)12(34,35)50-15(40,41)16(42,43)51-14(38,39)13(36,37)49-10(30,31)9(28,29)47-6(22,23)5(19,20)21/h1-4,52H,5-7H2;44-45H,1-3H2. The van der Waals surface area contributed by atoms with E-state index in [1.807, 2.05) is 0 Å². The molecule has 0 unspecified atom stereocenters. The molecule has 0 aromatic heterocycles. The van der Waals surface area contributed by atoms with Crippen LogP contribution in [-0.2, 0) is 66.9 Å². The largest absolute Gasteiger partial charge is 0.483 e. The topological polar surface area (TPSA) is 244 Å². The fourth-order valence-corrected chi connectivity index (χ4v) is 6.81. The van der Waals surface area contributed by atoms with Crippen LogP contribution in [0.4, 0.5) is 243 Å². The van der Waals surface area contributed by atoms with E-state index in [9.17, 15) is 256 Å². The van der Waals surface area contributed by atoms with E-state index in [4.69, 9.17) is 10.2 Å². The Labute approximate surface area is 581 Å². The summed E-state index contributed by atoms with van der Waals surface area (Å²) in [7, 11) is -5.88. The highest BCUT2D eigenvalue weighted by Gasteiger charge is 2.84. The van der Waals surface area contributed by atoms with E-state index in [1.54, 1.807) is 0 Å². The van der Waals surface area contributed by atoms with Gasteiger partial charge in [0.15, 0.2) is 4.90 Å². The monoisotopic (exact) mass is 1860 g/mol. The van der Waals surface area contributed by atoms with Gasteiger partial charge in [-0.15, -0.1) is 0 Å².